The van der Waals surface area contributed by atoms with Crippen LogP contribution in [0.2, 0.25) is 0 Å². The van der Waals surface area contributed by atoms with Crippen molar-refractivity contribution in [2.24, 2.45) is 5.73 Å². The summed E-state index contributed by atoms with van der Waals surface area (Å²) in [5.74, 6) is -0.0609. The summed E-state index contributed by atoms with van der Waals surface area (Å²) in [4.78, 5) is 2.05. The van der Waals surface area contributed by atoms with Gasteiger partial charge in [-0.1, -0.05) is 6.07 Å². The quantitative estimate of drug-likeness (QED) is 0.871. The highest BCUT2D eigenvalue weighted by atomic mass is 19.1. The minimum atomic E-state index is -0.332. The first-order valence-corrected chi connectivity index (χ1v) is 5.77. The van der Waals surface area contributed by atoms with Crippen LogP contribution in [0.1, 0.15) is 24.4 Å². The zero-order valence-electron chi connectivity index (χ0n) is 10.5. The number of nitrogens with zero attached hydrogens (tertiary/aromatic N) is 1. The number of hydrogen-bond donors (Lipinski definition) is 1. The zero-order chi connectivity index (χ0) is 12.6. The van der Waals surface area contributed by atoms with Crippen molar-refractivity contribution in [1.29, 1.82) is 0 Å². The van der Waals surface area contributed by atoms with Gasteiger partial charge < -0.3 is 15.4 Å². The molecule has 94 valence electrons. The van der Waals surface area contributed by atoms with Gasteiger partial charge >= 0.3 is 0 Å². The van der Waals surface area contributed by atoms with Crippen molar-refractivity contribution < 1.29 is 9.13 Å². The first-order valence-electron chi connectivity index (χ1n) is 5.77. The second kappa shape index (κ2) is 4.27. The van der Waals surface area contributed by atoms with Crippen LogP contribution in [0.25, 0.3) is 0 Å². The molecule has 0 aliphatic heterocycles. The molecule has 2 N–H and O–H groups in total. The molecule has 1 aromatic carbocycles. The van der Waals surface area contributed by atoms with Gasteiger partial charge in [0.15, 0.2) is 11.6 Å². The van der Waals surface area contributed by atoms with Gasteiger partial charge in [0.05, 0.1) is 13.2 Å². The lowest BCUT2D eigenvalue weighted by Crippen LogP contribution is -2.39. The van der Waals surface area contributed by atoms with E-state index in [1.807, 2.05) is 25.1 Å². The third kappa shape index (κ3) is 2.28. The maximum atomic E-state index is 13.7. The summed E-state index contributed by atoms with van der Waals surface area (Å²) in [5, 5.41) is 0. The second-order valence-electron chi connectivity index (χ2n) is 4.99. The van der Waals surface area contributed by atoms with Crippen LogP contribution in [-0.4, -0.2) is 31.6 Å². The average molecular weight is 238 g/mol. The van der Waals surface area contributed by atoms with E-state index in [9.17, 15) is 4.39 Å². The number of benzene rings is 1. The molecule has 1 unspecified atom stereocenters. The van der Waals surface area contributed by atoms with E-state index in [4.69, 9.17) is 10.5 Å². The van der Waals surface area contributed by atoms with E-state index < -0.39 is 0 Å². The lowest BCUT2D eigenvalue weighted by Gasteiger charge is -2.30. The Hall–Kier alpha value is -1.13. The number of nitrogens with two attached hydrogens (primary N) is 1. The molecular formula is C13H19FN2O. The lowest BCUT2D eigenvalue weighted by molar-refractivity contribution is 0.245. The number of halogens is 1. The van der Waals surface area contributed by atoms with E-state index in [1.165, 1.54) is 13.2 Å². The topological polar surface area (TPSA) is 38.5 Å². The van der Waals surface area contributed by atoms with Crippen LogP contribution in [0.15, 0.2) is 18.2 Å². The van der Waals surface area contributed by atoms with Gasteiger partial charge in [-0.05, 0) is 44.6 Å². The summed E-state index contributed by atoms with van der Waals surface area (Å²) in [5.41, 5.74) is 6.96. The number of likely N-dealkylation sites (N-methyl/N-ethyl adjacent to an activating group) is 1. The van der Waals surface area contributed by atoms with Gasteiger partial charge in [-0.2, -0.15) is 0 Å². The number of hydrogen-bond acceptors (Lipinski definition) is 3. The normalized spacial score (nSPS) is 19.2. The van der Waals surface area contributed by atoms with Crippen LogP contribution in [0.4, 0.5) is 4.39 Å². The summed E-state index contributed by atoms with van der Waals surface area (Å²) < 4.78 is 18.6. The van der Waals surface area contributed by atoms with Crippen molar-refractivity contribution in [2.45, 2.75) is 24.4 Å². The minimum Gasteiger partial charge on any atom is -0.494 e. The fourth-order valence-electron chi connectivity index (χ4n) is 2.41. The van der Waals surface area contributed by atoms with Crippen LogP contribution in [0.5, 0.6) is 5.75 Å². The van der Waals surface area contributed by atoms with Crippen LogP contribution in [0, 0.1) is 5.82 Å². The van der Waals surface area contributed by atoms with Crippen LogP contribution >= 0.6 is 0 Å². The van der Waals surface area contributed by atoms with Crippen molar-refractivity contribution in [3.63, 3.8) is 0 Å². The van der Waals surface area contributed by atoms with Gasteiger partial charge in [-0.25, -0.2) is 4.39 Å². The standard InChI is InChI=1S/C13H19FN2O/c1-16(2)12(13(15)6-7-13)9-4-5-11(17-3)10(14)8-9/h4-5,8,12H,6-7,15H2,1-3H3. The van der Waals surface area contributed by atoms with Gasteiger partial charge in [-0.15, -0.1) is 0 Å². The number of methoxy groups -OCH3 is 1. The highest BCUT2D eigenvalue weighted by Crippen LogP contribution is 2.46. The Morgan fingerprint density at radius 3 is 2.47 bits per heavy atom. The molecule has 0 radical (unpaired) electrons. The zero-order valence-corrected chi connectivity index (χ0v) is 10.5. The smallest absolute Gasteiger partial charge is 0.165 e. The number of ether oxygens (including phenoxy) is 1. The van der Waals surface area contributed by atoms with E-state index in [0.717, 1.165) is 18.4 Å². The predicted octanol–water partition coefficient (Wildman–Crippen LogP) is 1.93. The van der Waals surface area contributed by atoms with Gasteiger partial charge in [0.1, 0.15) is 0 Å². The molecule has 0 amide bonds. The Labute approximate surface area is 101 Å². The molecular weight excluding hydrogens is 219 g/mol. The molecule has 17 heavy (non-hydrogen) atoms. The van der Waals surface area contributed by atoms with Gasteiger partial charge in [0, 0.05) is 5.54 Å². The molecule has 0 aromatic heterocycles. The van der Waals surface area contributed by atoms with E-state index in [1.54, 1.807) is 6.07 Å². The molecule has 1 saturated carbocycles. The van der Waals surface area contributed by atoms with Crippen molar-refractivity contribution in [3.05, 3.63) is 29.6 Å². The molecule has 0 heterocycles. The summed E-state index contributed by atoms with van der Waals surface area (Å²) in [6, 6.07) is 5.13. The average Bonchev–Trinajstić information content (AvgIpc) is 2.96. The summed E-state index contributed by atoms with van der Waals surface area (Å²) in [6.45, 7) is 0. The van der Waals surface area contributed by atoms with Gasteiger partial charge in [0.25, 0.3) is 0 Å². The Balaban J connectivity index is 2.34. The van der Waals surface area contributed by atoms with Crippen molar-refractivity contribution in [2.75, 3.05) is 21.2 Å². The van der Waals surface area contributed by atoms with E-state index in [-0.39, 0.29) is 23.1 Å². The molecule has 0 saturated heterocycles. The van der Waals surface area contributed by atoms with Crippen molar-refractivity contribution in [3.8, 4) is 5.75 Å². The molecule has 1 fully saturated rings. The monoisotopic (exact) mass is 238 g/mol. The molecule has 1 atom stereocenters. The van der Waals surface area contributed by atoms with Crippen LogP contribution < -0.4 is 10.5 Å². The second-order valence-corrected chi connectivity index (χ2v) is 4.99. The Bertz CT molecular complexity index is 416. The molecule has 0 spiro atoms. The van der Waals surface area contributed by atoms with Gasteiger partial charge in [0.2, 0.25) is 0 Å². The first-order chi connectivity index (χ1) is 7.98. The van der Waals surface area contributed by atoms with E-state index >= 15 is 0 Å². The molecule has 1 aliphatic rings. The SMILES string of the molecule is COc1ccc(C(N(C)C)C2(N)CC2)cc1F. The molecule has 1 aliphatic carbocycles. The first kappa shape index (κ1) is 12.3. The summed E-state index contributed by atoms with van der Waals surface area (Å²) in [7, 11) is 5.41. The van der Waals surface area contributed by atoms with Crippen molar-refractivity contribution >= 4 is 0 Å². The molecule has 4 heteroatoms. The van der Waals surface area contributed by atoms with Crippen molar-refractivity contribution in [1.82, 2.24) is 4.90 Å². The summed E-state index contributed by atoms with van der Waals surface area (Å²) in [6.07, 6.45) is 1.98. The van der Waals surface area contributed by atoms with E-state index in [2.05, 4.69) is 0 Å². The molecule has 0 bridgehead atoms. The highest BCUT2D eigenvalue weighted by molar-refractivity contribution is 5.34. The maximum Gasteiger partial charge on any atom is 0.165 e. The third-order valence-electron chi connectivity index (χ3n) is 3.38. The van der Waals surface area contributed by atoms with Gasteiger partial charge in [-0.3, -0.25) is 0 Å². The van der Waals surface area contributed by atoms with Crippen LogP contribution in [0.3, 0.4) is 0 Å². The number of rotatable bonds is 4. The third-order valence-corrected chi connectivity index (χ3v) is 3.38. The lowest BCUT2D eigenvalue weighted by atomic mass is 9.96. The fraction of sp³-hybridized carbons (Fsp3) is 0.538. The Morgan fingerprint density at radius 2 is 2.06 bits per heavy atom. The molecule has 2 rings (SSSR count). The summed E-state index contributed by atoms with van der Waals surface area (Å²) >= 11 is 0. The Kier molecular flexibility index (Phi) is 3.10. The fourth-order valence-corrected chi connectivity index (χ4v) is 2.41. The van der Waals surface area contributed by atoms with Crippen LogP contribution in [-0.2, 0) is 0 Å². The minimum absolute atomic E-state index is 0.0582. The van der Waals surface area contributed by atoms with E-state index in [0.29, 0.717) is 0 Å². The molecule has 3 nitrogen and oxygen atoms in total. The highest BCUT2D eigenvalue weighted by Gasteiger charge is 2.47. The molecule has 1 aromatic rings. The predicted molar refractivity (Wildman–Crippen MR) is 65.5 cm³/mol. The maximum absolute atomic E-state index is 13.7. The Morgan fingerprint density at radius 1 is 1.41 bits per heavy atom. The largest absolute Gasteiger partial charge is 0.494 e.